The van der Waals surface area contributed by atoms with Crippen molar-refractivity contribution in [1.29, 1.82) is 0 Å². The maximum absolute atomic E-state index is 12.0. The number of ether oxygens (including phenoxy) is 2. The number of nitrogens with zero attached hydrogens (tertiary/aromatic N) is 2. The third-order valence-electron chi connectivity index (χ3n) is 3.35. The summed E-state index contributed by atoms with van der Waals surface area (Å²) >= 11 is 2.95. The Kier molecular flexibility index (Phi) is 6.86. The molecule has 0 spiro atoms. The highest BCUT2D eigenvalue weighted by Crippen LogP contribution is 2.31. The lowest BCUT2D eigenvalue weighted by atomic mass is 10.1. The van der Waals surface area contributed by atoms with E-state index in [-0.39, 0.29) is 5.91 Å². The second-order valence-corrected chi connectivity index (χ2v) is 7.08. The highest BCUT2D eigenvalue weighted by Gasteiger charge is 2.11. The van der Waals surface area contributed by atoms with Crippen LogP contribution in [0.2, 0.25) is 0 Å². The molecule has 0 atom stereocenters. The molecule has 1 heterocycles. The number of benzene rings is 1. The van der Waals surface area contributed by atoms with Gasteiger partial charge in [-0.25, -0.2) is 0 Å². The maximum atomic E-state index is 12.0. The van der Waals surface area contributed by atoms with E-state index in [4.69, 9.17) is 9.47 Å². The first-order valence-electron chi connectivity index (χ1n) is 7.48. The minimum Gasteiger partial charge on any atom is -0.493 e. The summed E-state index contributed by atoms with van der Waals surface area (Å²) in [5, 5.41) is 12.2. The molecule has 0 saturated carbocycles. The fourth-order valence-electron chi connectivity index (χ4n) is 2.03. The van der Waals surface area contributed by atoms with Crippen LogP contribution >= 0.6 is 23.1 Å². The number of hydrogen-bond donors (Lipinski definition) is 1. The fourth-order valence-corrected chi connectivity index (χ4v) is 3.62. The van der Waals surface area contributed by atoms with E-state index in [2.05, 4.69) is 15.5 Å². The summed E-state index contributed by atoms with van der Waals surface area (Å²) in [5.74, 6) is 2.41. The van der Waals surface area contributed by atoms with Crippen molar-refractivity contribution in [3.8, 4) is 11.5 Å². The van der Waals surface area contributed by atoms with E-state index in [1.165, 1.54) is 11.3 Å². The van der Waals surface area contributed by atoms with Crippen LogP contribution in [0.5, 0.6) is 11.5 Å². The second kappa shape index (κ2) is 8.89. The van der Waals surface area contributed by atoms with Crippen molar-refractivity contribution < 1.29 is 14.3 Å². The van der Waals surface area contributed by atoms with Crippen LogP contribution in [0.4, 0.5) is 5.13 Å². The van der Waals surface area contributed by atoms with Crippen LogP contribution in [0.15, 0.2) is 12.1 Å². The van der Waals surface area contributed by atoms with Crippen molar-refractivity contribution in [1.82, 2.24) is 10.2 Å². The van der Waals surface area contributed by atoms with Crippen molar-refractivity contribution in [2.75, 3.05) is 25.3 Å². The van der Waals surface area contributed by atoms with Gasteiger partial charge in [0.2, 0.25) is 11.0 Å². The molecule has 0 fully saturated rings. The largest absolute Gasteiger partial charge is 0.493 e. The molecule has 8 heteroatoms. The molecular weight excluding hydrogens is 346 g/mol. The van der Waals surface area contributed by atoms with Crippen molar-refractivity contribution in [3.63, 3.8) is 0 Å². The van der Waals surface area contributed by atoms with Gasteiger partial charge in [0.1, 0.15) is 5.01 Å². The number of carbonyl (C=O) groups excluding carboxylic acids is 1. The molecule has 1 aromatic carbocycles. The molecule has 6 nitrogen and oxygen atoms in total. The molecule has 1 aromatic heterocycles. The lowest BCUT2D eigenvalue weighted by Gasteiger charge is -2.12. The summed E-state index contributed by atoms with van der Waals surface area (Å²) in [6, 6.07) is 3.90. The van der Waals surface area contributed by atoms with E-state index in [0.717, 1.165) is 28.3 Å². The number of aromatic nitrogens is 2. The first-order chi connectivity index (χ1) is 11.6. The number of hydrogen-bond acceptors (Lipinski definition) is 7. The van der Waals surface area contributed by atoms with Gasteiger partial charge in [0, 0.05) is 5.75 Å². The minimum absolute atomic E-state index is 0.0723. The first-order valence-corrected chi connectivity index (χ1v) is 9.46. The van der Waals surface area contributed by atoms with Gasteiger partial charge in [0.25, 0.3) is 0 Å². The van der Waals surface area contributed by atoms with Crippen LogP contribution in [0.3, 0.4) is 0 Å². The number of carbonyl (C=O) groups is 1. The Morgan fingerprint density at radius 1 is 1.25 bits per heavy atom. The molecule has 0 saturated heterocycles. The van der Waals surface area contributed by atoms with Crippen LogP contribution in [0.25, 0.3) is 0 Å². The summed E-state index contributed by atoms with van der Waals surface area (Å²) in [7, 11) is 3.23. The Hall–Kier alpha value is -1.80. The molecule has 0 aliphatic heterocycles. The lowest BCUT2D eigenvalue weighted by Crippen LogP contribution is -2.14. The fraction of sp³-hybridized carbons (Fsp3) is 0.438. The van der Waals surface area contributed by atoms with Crippen molar-refractivity contribution in [2.24, 2.45) is 0 Å². The minimum atomic E-state index is -0.0723. The van der Waals surface area contributed by atoms with Gasteiger partial charge in [-0.15, -0.1) is 22.0 Å². The third-order valence-corrected chi connectivity index (χ3v) is 5.31. The van der Waals surface area contributed by atoms with Crippen LogP contribution in [0, 0.1) is 6.92 Å². The van der Waals surface area contributed by atoms with Crippen LogP contribution < -0.4 is 14.8 Å². The average molecular weight is 367 g/mol. The Morgan fingerprint density at radius 2 is 1.96 bits per heavy atom. The topological polar surface area (TPSA) is 73.3 Å². The van der Waals surface area contributed by atoms with E-state index < -0.39 is 0 Å². The molecule has 2 aromatic rings. The Labute approximate surface area is 150 Å². The van der Waals surface area contributed by atoms with E-state index in [1.807, 2.05) is 26.0 Å². The van der Waals surface area contributed by atoms with Crippen molar-refractivity contribution in [2.45, 2.75) is 26.0 Å². The van der Waals surface area contributed by atoms with Gasteiger partial charge < -0.3 is 9.47 Å². The van der Waals surface area contributed by atoms with E-state index >= 15 is 0 Å². The van der Waals surface area contributed by atoms with Crippen LogP contribution in [-0.2, 0) is 17.0 Å². The van der Waals surface area contributed by atoms with Crippen LogP contribution in [0.1, 0.15) is 23.1 Å². The summed E-state index contributed by atoms with van der Waals surface area (Å²) in [4.78, 5) is 12.0. The zero-order valence-corrected chi connectivity index (χ0v) is 15.8. The smallest absolute Gasteiger partial charge is 0.236 e. The number of methoxy groups -OCH3 is 2. The molecule has 0 unspecified atom stereocenters. The summed E-state index contributed by atoms with van der Waals surface area (Å²) < 4.78 is 10.6. The molecule has 0 radical (unpaired) electrons. The molecule has 1 N–H and O–H groups in total. The van der Waals surface area contributed by atoms with Crippen molar-refractivity contribution >= 4 is 34.1 Å². The van der Waals surface area contributed by atoms with Gasteiger partial charge in [-0.3, -0.25) is 10.1 Å². The Balaban J connectivity index is 1.88. The van der Waals surface area contributed by atoms with E-state index in [0.29, 0.717) is 22.4 Å². The molecular formula is C16H21N3O3S2. The van der Waals surface area contributed by atoms with E-state index in [1.54, 1.807) is 26.0 Å². The molecule has 24 heavy (non-hydrogen) atoms. The predicted molar refractivity (Wildman–Crippen MR) is 98.4 cm³/mol. The Bertz CT molecular complexity index is 704. The third kappa shape index (κ3) is 4.85. The van der Waals surface area contributed by atoms with E-state index in [9.17, 15) is 4.79 Å². The molecule has 0 aliphatic rings. The first kappa shape index (κ1) is 18.5. The number of nitrogens with one attached hydrogen (secondary N) is 1. The zero-order chi connectivity index (χ0) is 17.5. The van der Waals surface area contributed by atoms with Crippen LogP contribution in [-0.4, -0.2) is 36.1 Å². The average Bonchev–Trinajstić information content (AvgIpc) is 3.03. The maximum Gasteiger partial charge on any atom is 0.236 e. The number of anilines is 1. The van der Waals surface area contributed by atoms with Gasteiger partial charge >= 0.3 is 0 Å². The molecule has 0 aliphatic carbocycles. The normalized spacial score (nSPS) is 10.5. The monoisotopic (exact) mass is 367 g/mol. The number of aryl methyl sites for hydroxylation is 2. The summed E-state index contributed by atoms with van der Waals surface area (Å²) in [5.41, 5.74) is 2.23. The van der Waals surface area contributed by atoms with Gasteiger partial charge in [0.15, 0.2) is 11.5 Å². The number of rotatable bonds is 8. The van der Waals surface area contributed by atoms with Gasteiger partial charge in [0.05, 0.1) is 20.0 Å². The standard InChI is InChI=1S/C16H21N3O3S2/c1-5-15-18-19-16(24-15)17-14(20)9-23-8-11-7-13(22-4)12(21-3)6-10(11)2/h6-7H,5,8-9H2,1-4H3,(H,17,19,20). The predicted octanol–water partition coefficient (Wildman–Crippen LogP) is 3.30. The van der Waals surface area contributed by atoms with Gasteiger partial charge in [-0.1, -0.05) is 18.3 Å². The highest BCUT2D eigenvalue weighted by atomic mass is 32.2. The quantitative estimate of drug-likeness (QED) is 0.772. The second-order valence-electron chi connectivity index (χ2n) is 5.03. The van der Waals surface area contributed by atoms with Crippen molar-refractivity contribution in [3.05, 3.63) is 28.3 Å². The Morgan fingerprint density at radius 3 is 2.58 bits per heavy atom. The highest BCUT2D eigenvalue weighted by molar-refractivity contribution is 7.99. The molecule has 130 valence electrons. The molecule has 1 amide bonds. The zero-order valence-electron chi connectivity index (χ0n) is 14.2. The lowest BCUT2D eigenvalue weighted by molar-refractivity contribution is -0.113. The molecule has 2 rings (SSSR count). The molecule has 0 bridgehead atoms. The van der Waals surface area contributed by atoms with Gasteiger partial charge in [-0.05, 0) is 36.6 Å². The summed E-state index contributed by atoms with van der Waals surface area (Å²) in [6.45, 7) is 4.03. The SMILES string of the molecule is CCc1nnc(NC(=O)CSCc2cc(OC)c(OC)cc2C)s1. The van der Waals surface area contributed by atoms with Gasteiger partial charge in [-0.2, -0.15) is 0 Å². The summed E-state index contributed by atoms with van der Waals surface area (Å²) in [6.07, 6.45) is 0.820. The number of thioether (sulfide) groups is 1. The number of amides is 1.